The molecular formula is C15H13ClN6. The number of aromatic nitrogens is 5. The zero-order chi connectivity index (χ0) is 15.1. The molecule has 7 heteroatoms. The Kier molecular flexibility index (Phi) is 2.97. The molecule has 0 fully saturated rings. The summed E-state index contributed by atoms with van der Waals surface area (Å²) >= 11 is 6.21. The van der Waals surface area contributed by atoms with Crippen LogP contribution in [0.5, 0.6) is 0 Å². The fraction of sp³-hybridized carbons (Fsp3) is 0.133. The van der Waals surface area contributed by atoms with Gasteiger partial charge in [-0.1, -0.05) is 11.6 Å². The highest BCUT2D eigenvalue weighted by Crippen LogP contribution is 2.28. The number of fused-ring (bicyclic) bond motifs is 2. The van der Waals surface area contributed by atoms with Crippen LogP contribution in [0.2, 0.25) is 5.15 Å². The van der Waals surface area contributed by atoms with Gasteiger partial charge in [-0.25, -0.2) is 0 Å². The first-order chi connectivity index (χ1) is 10.8. The van der Waals surface area contributed by atoms with Gasteiger partial charge >= 0.3 is 0 Å². The minimum atomic E-state index is 0.505. The number of nitrogens with zero attached hydrogens (tertiary/aromatic N) is 4. The van der Waals surface area contributed by atoms with Gasteiger partial charge in [-0.3, -0.25) is 14.8 Å². The molecule has 3 aromatic heterocycles. The summed E-state index contributed by atoms with van der Waals surface area (Å²) in [7, 11) is 0. The van der Waals surface area contributed by atoms with Crippen molar-refractivity contribution >= 4 is 45.0 Å². The summed E-state index contributed by atoms with van der Waals surface area (Å²) < 4.78 is 1.88. The van der Waals surface area contributed by atoms with Crippen molar-refractivity contribution in [2.45, 2.75) is 13.5 Å². The molecule has 0 atom stereocenters. The maximum Gasteiger partial charge on any atom is 0.178 e. The largest absolute Gasteiger partial charge is 0.337 e. The van der Waals surface area contributed by atoms with Crippen molar-refractivity contribution < 1.29 is 0 Å². The molecule has 0 aliphatic rings. The van der Waals surface area contributed by atoms with E-state index in [9.17, 15) is 0 Å². The van der Waals surface area contributed by atoms with Gasteiger partial charge in [0.2, 0.25) is 0 Å². The van der Waals surface area contributed by atoms with E-state index in [1.165, 1.54) is 0 Å². The van der Waals surface area contributed by atoms with Crippen LogP contribution in [0.3, 0.4) is 0 Å². The first-order valence-electron chi connectivity index (χ1n) is 6.98. The summed E-state index contributed by atoms with van der Waals surface area (Å²) in [6.07, 6.45) is 1.74. The Morgan fingerprint density at radius 2 is 2.23 bits per heavy atom. The Morgan fingerprint density at radius 1 is 1.32 bits per heavy atom. The second kappa shape index (κ2) is 4.99. The minimum Gasteiger partial charge on any atom is -0.337 e. The van der Waals surface area contributed by atoms with Crippen LogP contribution in [-0.4, -0.2) is 25.0 Å². The number of aromatic amines is 1. The first kappa shape index (κ1) is 13.1. The predicted molar refractivity (Wildman–Crippen MR) is 87.6 cm³/mol. The van der Waals surface area contributed by atoms with Crippen molar-refractivity contribution in [3.63, 3.8) is 0 Å². The van der Waals surface area contributed by atoms with Gasteiger partial charge in [0.1, 0.15) is 5.52 Å². The number of nitrogens with one attached hydrogen (secondary N) is 2. The second-order valence-corrected chi connectivity index (χ2v) is 5.29. The van der Waals surface area contributed by atoms with E-state index < -0.39 is 0 Å². The van der Waals surface area contributed by atoms with Gasteiger partial charge in [0.25, 0.3) is 0 Å². The smallest absolute Gasteiger partial charge is 0.178 e. The molecule has 22 heavy (non-hydrogen) atoms. The van der Waals surface area contributed by atoms with Crippen LogP contribution in [0.4, 0.5) is 11.5 Å². The Bertz CT molecular complexity index is 971. The van der Waals surface area contributed by atoms with E-state index in [1.54, 1.807) is 6.20 Å². The molecule has 0 aliphatic carbocycles. The van der Waals surface area contributed by atoms with Crippen LogP contribution in [-0.2, 0) is 6.54 Å². The SMILES string of the molecule is CCn1nc(Cl)c2cc(Nc3n[nH]c4cccnc34)ccc21. The fourth-order valence-electron chi connectivity index (χ4n) is 2.54. The van der Waals surface area contributed by atoms with Gasteiger partial charge in [0.15, 0.2) is 11.0 Å². The lowest BCUT2D eigenvalue weighted by atomic mass is 10.2. The summed E-state index contributed by atoms with van der Waals surface area (Å²) in [6.45, 7) is 2.82. The number of benzene rings is 1. The minimum absolute atomic E-state index is 0.505. The van der Waals surface area contributed by atoms with Crippen LogP contribution < -0.4 is 5.32 Å². The van der Waals surface area contributed by atoms with E-state index in [2.05, 4.69) is 25.6 Å². The van der Waals surface area contributed by atoms with Crippen molar-refractivity contribution in [3.8, 4) is 0 Å². The summed E-state index contributed by atoms with van der Waals surface area (Å²) in [5.74, 6) is 0.689. The van der Waals surface area contributed by atoms with Crippen LogP contribution in [0.25, 0.3) is 21.9 Å². The van der Waals surface area contributed by atoms with Gasteiger partial charge in [0, 0.05) is 23.8 Å². The molecule has 4 aromatic rings. The molecule has 0 unspecified atom stereocenters. The molecule has 2 N–H and O–H groups in total. The number of aryl methyl sites for hydroxylation is 1. The number of rotatable bonds is 3. The standard InChI is InChI=1S/C15H13ClN6/c1-2-22-12-6-5-9(8-10(12)14(16)21-22)18-15-13-11(19-20-15)4-3-7-17-13/h3-8H,2H2,1H3,(H2,18,19,20). The van der Waals surface area contributed by atoms with E-state index in [-0.39, 0.29) is 0 Å². The van der Waals surface area contributed by atoms with Crippen molar-refractivity contribution in [1.29, 1.82) is 0 Å². The zero-order valence-corrected chi connectivity index (χ0v) is 12.6. The monoisotopic (exact) mass is 312 g/mol. The summed E-state index contributed by atoms with van der Waals surface area (Å²) in [4.78, 5) is 4.34. The molecule has 0 saturated heterocycles. The third kappa shape index (κ3) is 2.00. The van der Waals surface area contributed by atoms with Gasteiger partial charge in [-0.05, 0) is 37.3 Å². The molecule has 3 heterocycles. The topological polar surface area (TPSA) is 71.4 Å². The Labute approximate surface area is 131 Å². The highest BCUT2D eigenvalue weighted by molar-refractivity contribution is 6.34. The quantitative estimate of drug-likeness (QED) is 0.604. The molecule has 1 aromatic carbocycles. The van der Waals surface area contributed by atoms with Crippen LogP contribution in [0.15, 0.2) is 36.5 Å². The van der Waals surface area contributed by atoms with E-state index >= 15 is 0 Å². The van der Waals surface area contributed by atoms with Crippen molar-refractivity contribution in [1.82, 2.24) is 25.0 Å². The molecule has 0 bridgehead atoms. The Hall–Kier alpha value is -2.60. The number of hydrogen-bond acceptors (Lipinski definition) is 4. The van der Waals surface area contributed by atoms with Gasteiger partial charge in [-0.15, -0.1) is 0 Å². The van der Waals surface area contributed by atoms with Gasteiger partial charge < -0.3 is 5.32 Å². The molecule has 4 rings (SSSR count). The summed E-state index contributed by atoms with van der Waals surface area (Å²) in [6, 6.07) is 9.76. The maximum atomic E-state index is 6.21. The van der Waals surface area contributed by atoms with Crippen LogP contribution in [0.1, 0.15) is 6.92 Å². The average molecular weight is 313 g/mol. The molecular weight excluding hydrogens is 300 g/mol. The summed E-state index contributed by atoms with van der Waals surface area (Å²) in [5, 5.41) is 16.2. The maximum absolute atomic E-state index is 6.21. The normalized spacial score (nSPS) is 11.4. The highest BCUT2D eigenvalue weighted by atomic mass is 35.5. The first-order valence-corrected chi connectivity index (χ1v) is 7.36. The van der Waals surface area contributed by atoms with Crippen LogP contribution >= 0.6 is 11.6 Å². The number of hydrogen-bond donors (Lipinski definition) is 2. The zero-order valence-electron chi connectivity index (χ0n) is 11.8. The van der Waals surface area contributed by atoms with E-state index in [0.717, 1.165) is 34.2 Å². The summed E-state index contributed by atoms with van der Waals surface area (Å²) in [5.41, 5.74) is 3.60. The molecule has 6 nitrogen and oxygen atoms in total. The number of pyridine rings is 1. The molecule has 0 aliphatic heterocycles. The van der Waals surface area contributed by atoms with Crippen molar-refractivity contribution in [3.05, 3.63) is 41.7 Å². The molecule has 0 saturated carbocycles. The van der Waals surface area contributed by atoms with Gasteiger partial charge in [-0.2, -0.15) is 10.2 Å². The van der Waals surface area contributed by atoms with E-state index in [0.29, 0.717) is 11.0 Å². The molecule has 0 amide bonds. The molecule has 110 valence electrons. The van der Waals surface area contributed by atoms with E-state index in [4.69, 9.17) is 11.6 Å². The second-order valence-electron chi connectivity index (χ2n) is 4.94. The Balaban J connectivity index is 1.77. The lowest BCUT2D eigenvalue weighted by Crippen LogP contribution is -1.96. The average Bonchev–Trinajstić information content (AvgIpc) is 3.09. The van der Waals surface area contributed by atoms with Crippen molar-refractivity contribution in [2.75, 3.05) is 5.32 Å². The Morgan fingerprint density at radius 3 is 3.09 bits per heavy atom. The fourth-order valence-corrected chi connectivity index (χ4v) is 2.78. The third-order valence-corrected chi connectivity index (χ3v) is 3.87. The van der Waals surface area contributed by atoms with Gasteiger partial charge in [0.05, 0.1) is 11.0 Å². The highest BCUT2D eigenvalue weighted by Gasteiger charge is 2.10. The predicted octanol–water partition coefficient (Wildman–Crippen LogP) is 3.72. The van der Waals surface area contributed by atoms with Crippen molar-refractivity contribution in [2.24, 2.45) is 0 Å². The lowest BCUT2D eigenvalue weighted by Gasteiger charge is -2.04. The number of anilines is 2. The lowest BCUT2D eigenvalue weighted by molar-refractivity contribution is 0.684. The van der Waals surface area contributed by atoms with E-state index in [1.807, 2.05) is 41.9 Å². The third-order valence-electron chi connectivity index (χ3n) is 3.59. The van der Waals surface area contributed by atoms with Crippen LogP contribution in [0, 0.1) is 0 Å². The number of halogens is 1. The number of H-pyrrole nitrogens is 1. The molecule has 0 spiro atoms. The molecule has 0 radical (unpaired) electrons.